The Labute approximate surface area is 265 Å². The molecule has 1 saturated heterocycles. The van der Waals surface area contributed by atoms with Crippen molar-refractivity contribution in [3.05, 3.63) is 89.2 Å². The lowest BCUT2D eigenvalue weighted by molar-refractivity contribution is -0.129. The van der Waals surface area contributed by atoms with Gasteiger partial charge in [-0.2, -0.15) is 0 Å². The highest BCUT2D eigenvalue weighted by Crippen LogP contribution is 2.32. The van der Waals surface area contributed by atoms with Gasteiger partial charge in [0.25, 0.3) is 0 Å². The summed E-state index contributed by atoms with van der Waals surface area (Å²) in [5.74, 6) is -0.0776. The number of aliphatic hydroxyl groups is 1. The van der Waals surface area contributed by atoms with Crippen LogP contribution in [0.4, 0.5) is 4.79 Å². The van der Waals surface area contributed by atoms with E-state index in [-0.39, 0.29) is 24.3 Å². The minimum absolute atomic E-state index is 0.0776. The first kappa shape index (κ1) is 33.4. The topological polar surface area (TPSA) is 117 Å². The Morgan fingerprint density at radius 2 is 1.64 bits per heavy atom. The summed E-state index contributed by atoms with van der Waals surface area (Å²) in [4.78, 5) is 37.7. The minimum Gasteiger partial charge on any atom is -0.445 e. The number of piperidine rings is 1. The van der Waals surface area contributed by atoms with Crippen molar-refractivity contribution in [1.29, 1.82) is 0 Å². The smallest absolute Gasteiger partial charge is 0.407 e. The molecule has 4 rings (SSSR count). The van der Waals surface area contributed by atoms with Crippen molar-refractivity contribution in [3.8, 4) is 0 Å². The molecular formula is C34H45N5O4S. The molecule has 0 spiro atoms. The Kier molecular flexibility index (Phi) is 11.8. The molecule has 0 aliphatic carbocycles. The maximum Gasteiger partial charge on any atom is 0.407 e. The van der Waals surface area contributed by atoms with Gasteiger partial charge in [-0.3, -0.25) is 9.69 Å². The average Bonchev–Trinajstić information content (AvgIpc) is 2.96. The number of nitrogens with zero attached hydrogens (tertiary/aromatic N) is 3. The second-order valence-electron chi connectivity index (χ2n) is 12.5. The number of thioether (sulfide) groups is 1. The number of rotatable bonds is 11. The SMILES string of the molecule is Cc1cc(C)nc(S[C@@H]2CCN(C[C@@H](O)[C@H](Cc3ccccc3)NC(=O)OCc3ccccc3)[C@H](C(=O)NC(C)(C)C)C2)n1. The first-order valence-corrected chi connectivity index (χ1v) is 16.1. The van der Waals surface area contributed by atoms with Crippen LogP contribution in [-0.2, 0) is 22.6 Å². The highest BCUT2D eigenvalue weighted by molar-refractivity contribution is 7.99. The number of amides is 2. The second kappa shape index (κ2) is 15.5. The lowest BCUT2D eigenvalue weighted by Crippen LogP contribution is -2.58. The van der Waals surface area contributed by atoms with Gasteiger partial charge in [0, 0.05) is 35.3 Å². The molecule has 10 heteroatoms. The van der Waals surface area contributed by atoms with Crippen LogP contribution in [0.1, 0.15) is 56.1 Å². The molecule has 2 amide bonds. The van der Waals surface area contributed by atoms with Gasteiger partial charge in [-0.25, -0.2) is 14.8 Å². The van der Waals surface area contributed by atoms with Crippen LogP contribution >= 0.6 is 11.8 Å². The third-order valence-corrected chi connectivity index (χ3v) is 8.56. The van der Waals surface area contributed by atoms with Gasteiger partial charge in [-0.15, -0.1) is 0 Å². The summed E-state index contributed by atoms with van der Waals surface area (Å²) in [5.41, 5.74) is 3.29. The van der Waals surface area contributed by atoms with Crippen molar-refractivity contribution in [3.63, 3.8) is 0 Å². The molecule has 2 heterocycles. The van der Waals surface area contributed by atoms with Crippen LogP contribution in [-0.4, -0.2) is 74.0 Å². The van der Waals surface area contributed by atoms with Gasteiger partial charge in [0.05, 0.1) is 18.2 Å². The van der Waals surface area contributed by atoms with Crippen LogP contribution in [0.15, 0.2) is 71.9 Å². The molecule has 1 aliphatic rings. The van der Waals surface area contributed by atoms with Crippen LogP contribution in [0.3, 0.4) is 0 Å². The fourth-order valence-corrected chi connectivity index (χ4v) is 6.56. The molecule has 1 fully saturated rings. The maximum absolute atomic E-state index is 13.6. The number of hydrogen-bond donors (Lipinski definition) is 3. The number of carbonyl (C=O) groups excluding carboxylic acids is 2. The molecule has 1 aromatic heterocycles. The third-order valence-electron chi connectivity index (χ3n) is 7.40. The van der Waals surface area contributed by atoms with E-state index in [0.717, 1.165) is 34.1 Å². The number of aromatic nitrogens is 2. The van der Waals surface area contributed by atoms with Crippen LogP contribution in [0, 0.1) is 13.8 Å². The van der Waals surface area contributed by atoms with E-state index in [1.807, 2.05) is 106 Å². The van der Waals surface area contributed by atoms with Gasteiger partial charge < -0.3 is 20.5 Å². The number of aliphatic hydroxyl groups excluding tert-OH is 1. The van der Waals surface area contributed by atoms with Gasteiger partial charge in [-0.05, 0) is 71.1 Å². The molecule has 0 radical (unpaired) electrons. The second-order valence-corrected chi connectivity index (χ2v) is 13.8. The Morgan fingerprint density at radius 1 is 1.02 bits per heavy atom. The molecule has 44 heavy (non-hydrogen) atoms. The van der Waals surface area contributed by atoms with Gasteiger partial charge in [0.1, 0.15) is 6.61 Å². The van der Waals surface area contributed by atoms with Crippen molar-refractivity contribution in [2.24, 2.45) is 0 Å². The normalized spacial score (nSPS) is 18.7. The quantitative estimate of drug-likeness (QED) is 0.262. The summed E-state index contributed by atoms with van der Waals surface area (Å²) in [7, 11) is 0. The number of nitrogens with one attached hydrogen (secondary N) is 2. The molecule has 3 N–H and O–H groups in total. The average molecular weight is 620 g/mol. The number of carbonyl (C=O) groups is 2. The third kappa shape index (κ3) is 10.6. The van der Waals surface area contributed by atoms with E-state index in [0.29, 0.717) is 19.4 Å². The van der Waals surface area contributed by atoms with Gasteiger partial charge in [0.15, 0.2) is 5.16 Å². The summed E-state index contributed by atoms with van der Waals surface area (Å²) in [6.45, 7) is 10.8. The Morgan fingerprint density at radius 3 is 2.25 bits per heavy atom. The van der Waals surface area contributed by atoms with Crippen LogP contribution in [0.5, 0.6) is 0 Å². The zero-order valence-electron chi connectivity index (χ0n) is 26.3. The van der Waals surface area contributed by atoms with Crippen molar-refractivity contribution >= 4 is 23.8 Å². The maximum atomic E-state index is 13.6. The Balaban J connectivity index is 1.47. The van der Waals surface area contributed by atoms with Gasteiger partial charge in [-0.1, -0.05) is 72.4 Å². The summed E-state index contributed by atoms with van der Waals surface area (Å²) in [5, 5.41) is 18.5. The summed E-state index contributed by atoms with van der Waals surface area (Å²) in [6, 6.07) is 20.1. The number of ether oxygens (including phenoxy) is 1. The highest BCUT2D eigenvalue weighted by atomic mass is 32.2. The van der Waals surface area contributed by atoms with Gasteiger partial charge >= 0.3 is 6.09 Å². The van der Waals surface area contributed by atoms with E-state index in [4.69, 9.17) is 4.74 Å². The predicted octanol–water partition coefficient (Wildman–Crippen LogP) is 4.83. The number of benzene rings is 2. The molecule has 0 bridgehead atoms. The zero-order valence-corrected chi connectivity index (χ0v) is 27.1. The molecule has 1 aliphatic heterocycles. The van der Waals surface area contributed by atoms with Crippen molar-refractivity contribution < 1.29 is 19.4 Å². The van der Waals surface area contributed by atoms with Crippen molar-refractivity contribution in [2.45, 2.75) is 94.6 Å². The van der Waals surface area contributed by atoms with E-state index in [2.05, 4.69) is 20.6 Å². The largest absolute Gasteiger partial charge is 0.445 e. The van der Waals surface area contributed by atoms with E-state index >= 15 is 0 Å². The number of β-amino-alcohol motifs (C(OH)–C–C–N with tert-alkyl or cyclic N) is 1. The number of likely N-dealkylation sites (tertiary alicyclic amines) is 1. The van der Waals surface area contributed by atoms with Crippen LogP contribution in [0.25, 0.3) is 0 Å². The van der Waals surface area contributed by atoms with E-state index in [1.165, 1.54) is 0 Å². The van der Waals surface area contributed by atoms with Crippen LogP contribution < -0.4 is 10.6 Å². The molecule has 4 atom stereocenters. The molecule has 0 unspecified atom stereocenters. The summed E-state index contributed by atoms with van der Waals surface area (Å²) in [6.07, 6.45) is 0.266. The highest BCUT2D eigenvalue weighted by Gasteiger charge is 2.37. The predicted molar refractivity (Wildman–Crippen MR) is 173 cm³/mol. The zero-order chi connectivity index (χ0) is 31.7. The number of aryl methyl sites for hydroxylation is 2. The molecule has 236 valence electrons. The number of hydrogen-bond acceptors (Lipinski definition) is 8. The van der Waals surface area contributed by atoms with Crippen LogP contribution in [0.2, 0.25) is 0 Å². The summed E-state index contributed by atoms with van der Waals surface area (Å²) < 4.78 is 5.48. The standard InChI is InChI=1S/C34H45N5O4S/c1-23-18-24(2)36-32(35-23)44-27-16-17-39(29(20-27)31(41)38-34(3,4)5)21-30(40)28(19-25-12-8-6-9-13-25)37-33(42)43-22-26-14-10-7-11-15-26/h6-15,18,27-30,40H,16-17,19-22H2,1-5H3,(H,37,42)(H,38,41)/t27-,28+,29+,30-/m1/s1. The van der Waals surface area contributed by atoms with E-state index < -0.39 is 29.8 Å². The van der Waals surface area contributed by atoms with Gasteiger partial charge in [0.2, 0.25) is 5.91 Å². The molecule has 0 saturated carbocycles. The van der Waals surface area contributed by atoms with E-state index in [9.17, 15) is 14.7 Å². The Hall–Kier alpha value is -3.47. The Bertz CT molecular complexity index is 1350. The fraction of sp³-hybridized carbons (Fsp3) is 0.471. The van der Waals surface area contributed by atoms with E-state index in [1.54, 1.807) is 11.8 Å². The first-order chi connectivity index (χ1) is 20.9. The van der Waals surface area contributed by atoms with Crippen molar-refractivity contribution in [1.82, 2.24) is 25.5 Å². The minimum atomic E-state index is -0.948. The molecular weight excluding hydrogens is 574 g/mol. The monoisotopic (exact) mass is 619 g/mol. The molecule has 2 aromatic carbocycles. The molecule has 3 aromatic rings. The fourth-order valence-electron chi connectivity index (χ4n) is 5.36. The van der Waals surface area contributed by atoms with Crippen molar-refractivity contribution in [2.75, 3.05) is 13.1 Å². The lowest BCUT2D eigenvalue weighted by Gasteiger charge is -2.41. The summed E-state index contributed by atoms with van der Waals surface area (Å²) >= 11 is 1.61. The lowest BCUT2D eigenvalue weighted by atomic mass is 9.96. The number of alkyl carbamates (subject to hydrolysis) is 1. The molecule has 9 nitrogen and oxygen atoms in total. The first-order valence-electron chi connectivity index (χ1n) is 15.2.